The molecule has 26 heavy (non-hydrogen) atoms. The van der Waals surface area contributed by atoms with Crippen molar-refractivity contribution < 1.29 is 17.9 Å². The lowest BCUT2D eigenvalue weighted by molar-refractivity contribution is -0.119. The number of hydrogen-bond acceptors (Lipinski definition) is 6. The zero-order valence-electron chi connectivity index (χ0n) is 14.0. The fourth-order valence-electron chi connectivity index (χ4n) is 2.70. The number of hydrogen-bond donors (Lipinski definition) is 1. The van der Waals surface area contributed by atoms with E-state index in [4.69, 9.17) is 10.5 Å². The van der Waals surface area contributed by atoms with Gasteiger partial charge in [0.1, 0.15) is 5.75 Å². The van der Waals surface area contributed by atoms with Crippen LogP contribution in [0.2, 0.25) is 0 Å². The number of carbonyl (C=O) groups excluding carboxylic acids is 1. The molecule has 0 radical (unpaired) electrons. The van der Waals surface area contributed by atoms with Crippen LogP contribution in [0.1, 0.15) is 16.5 Å². The van der Waals surface area contributed by atoms with E-state index in [1.54, 1.807) is 15.6 Å². The van der Waals surface area contributed by atoms with E-state index in [2.05, 4.69) is 11.4 Å². The maximum atomic E-state index is 12.9. The van der Waals surface area contributed by atoms with Gasteiger partial charge in [-0.05, 0) is 42.1 Å². The number of thioether (sulfide) groups is 1. The molecule has 1 aromatic carbocycles. The van der Waals surface area contributed by atoms with Crippen LogP contribution in [0.25, 0.3) is 0 Å². The number of thiophene rings is 1. The van der Waals surface area contributed by atoms with Crippen LogP contribution in [0.3, 0.4) is 0 Å². The second-order valence-corrected chi connectivity index (χ2v) is 10.0. The Kier molecular flexibility index (Phi) is 6.23. The molecule has 1 aromatic heterocycles. The number of amides is 1. The van der Waals surface area contributed by atoms with Crippen LogP contribution in [0.4, 0.5) is 0 Å². The molecule has 1 saturated heterocycles. The number of nitrogens with zero attached hydrogens (tertiary/aromatic N) is 1. The number of ether oxygens (including phenoxy) is 1. The molecule has 6 nitrogen and oxygen atoms in total. The highest BCUT2D eigenvalue weighted by Gasteiger charge is 2.28. The number of rotatable bonds is 6. The van der Waals surface area contributed by atoms with Gasteiger partial charge in [-0.3, -0.25) is 4.79 Å². The first-order valence-corrected chi connectivity index (χ1v) is 11.5. The van der Waals surface area contributed by atoms with Gasteiger partial charge in [0.2, 0.25) is 10.0 Å². The zero-order chi connectivity index (χ0) is 18.6. The van der Waals surface area contributed by atoms with Crippen LogP contribution in [0.5, 0.6) is 5.75 Å². The second-order valence-electron chi connectivity index (χ2n) is 5.79. The summed E-state index contributed by atoms with van der Waals surface area (Å²) in [6.07, 6.45) is 0.796. The van der Waals surface area contributed by atoms with Crippen molar-refractivity contribution in [2.45, 2.75) is 16.6 Å². The van der Waals surface area contributed by atoms with Gasteiger partial charge in [0.25, 0.3) is 5.91 Å². The Balaban J connectivity index is 1.68. The molecule has 2 N–H and O–H groups in total. The third-order valence-electron chi connectivity index (χ3n) is 4.00. The molecular formula is C17H20N2O4S3. The van der Waals surface area contributed by atoms with Gasteiger partial charge in [-0.15, -0.1) is 11.3 Å². The van der Waals surface area contributed by atoms with Crippen LogP contribution in [0.15, 0.2) is 46.7 Å². The minimum absolute atomic E-state index is 0.225. The number of sulfonamides is 1. The Labute approximate surface area is 161 Å². The minimum Gasteiger partial charge on any atom is -0.484 e. The van der Waals surface area contributed by atoms with E-state index in [9.17, 15) is 13.2 Å². The van der Waals surface area contributed by atoms with Crippen LogP contribution >= 0.6 is 23.1 Å². The predicted molar refractivity (Wildman–Crippen MR) is 104 cm³/mol. The minimum atomic E-state index is -3.55. The first-order valence-electron chi connectivity index (χ1n) is 8.13. The fourth-order valence-corrected chi connectivity index (χ4v) is 6.51. The molecule has 2 aromatic rings. The molecule has 3 rings (SSSR count). The largest absolute Gasteiger partial charge is 0.484 e. The van der Waals surface area contributed by atoms with Gasteiger partial charge in [-0.25, -0.2) is 8.42 Å². The molecule has 0 spiro atoms. The standard InChI is InChI=1S/C17H20N2O4S3/c18-17(20)12-23-13-3-5-14(6-4-13)26(21,22)19-8-7-16(25-11-9-19)15-2-1-10-24-15/h1-6,10,16H,7-9,11-12H2,(H2,18,20)/t16-/m0/s1. The summed E-state index contributed by atoms with van der Waals surface area (Å²) in [5.74, 6) is 0.595. The molecule has 1 fully saturated rings. The molecular weight excluding hydrogens is 392 g/mol. The average molecular weight is 413 g/mol. The van der Waals surface area contributed by atoms with E-state index in [1.807, 2.05) is 17.8 Å². The monoisotopic (exact) mass is 412 g/mol. The Bertz CT molecular complexity index is 835. The highest BCUT2D eigenvalue weighted by atomic mass is 32.2. The van der Waals surface area contributed by atoms with Crippen LogP contribution < -0.4 is 10.5 Å². The van der Waals surface area contributed by atoms with Crippen molar-refractivity contribution in [2.75, 3.05) is 25.4 Å². The smallest absolute Gasteiger partial charge is 0.255 e. The number of nitrogens with two attached hydrogens (primary N) is 1. The van der Waals surface area contributed by atoms with Crippen LogP contribution in [-0.2, 0) is 14.8 Å². The summed E-state index contributed by atoms with van der Waals surface area (Å²) in [4.78, 5) is 12.3. The molecule has 2 heterocycles. The van der Waals surface area contributed by atoms with Gasteiger partial charge in [0.05, 0.1) is 4.90 Å². The van der Waals surface area contributed by atoms with Crippen molar-refractivity contribution >= 4 is 39.0 Å². The molecule has 1 amide bonds. The van der Waals surface area contributed by atoms with Crippen LogP contribution in [0, 0.1) is 0 Å². The summed E-state index contributed by atoms with van der Waals surface area (Å²) < 4.78 is 32.5. The first kappa shape index (κ1) is 19.2. The predicted octanol–water partition coefficient (Wildman–Crippen LogP) is 2.48. The molecule has 1 aliphatic heterocycles. The Morgan fingerprint density at radius 3 is 2.65 bits per heavy atom. The number of primary amides is 1. The molecule has 1 atom stereocenters. The SMILES string of the molecule is NC(=O)COc1ccc(S(=O)(=O)N2CCS[C@H](c3cccs3)CC2)cc1. The maximum absolute atomic E-state index is 12.9. The molecule has 140 valence electrons. The zero-order valence-corrected chi connectivity index (χ0v) is 16.5. The third-order valence-corrected chi connectivity index (χ3v) is 8.36. The van der Waals surface area contributed by atoms with Crippen molar-refractivity contribution in [1.82, 2.24) is 4.31 Å². The van der Waals surface area contributed by atoms with E-state index in [0.717, 1.165) is 12.2 Å². The van der Waals surface area contributed by atoms with E-state index in [0.29, 0.717) is 24.1 Å². The van der Waals surface area contributed by atoms with Crippen molar-refractivity contribution in [3.63, 3.8) is 0 Å². The van der Waals surface area contributed by atoms with Crippen molar-refractivity contribution in [1.29, 1.82) is 0 Å². The molecule has 9 heteroatoms. The highest BCUT2D eigenvalue weighted by Crippen LogP contribution is 2.37. The lowest BCUT2D eigenvalue weighted by Crippen LogP contribution is -2.33. The number of benzene rings is 1. The van der Waals surface area contributed by atoms with Gasteiger partial charge < -0.3 is 10.5 Å². The van der Waals surface area contributed by atoms with E-state index < -0.39 is 15.9 Å². The van der Waals surface area contributed by atoms with E-state index in [1.165, 1.54) is 29.1 Å². The first-order chi connectivity index (χ1) is 12.5. The van der Waals surface area contributed by atoms with Gasteiger partial charge in [0.15, 0.2) is 6.61 Å². The van der Waals surface area contributed by atoms with E-state index >= 15 is 0 Å². The van der Waals surface area contributed by atoms with Gasteiger partial charge >= 0.3 is 0 Å². The molecule has 0 bridgehead atoms. The molecule has 1 aliphatic rings. The highest BCUT2D eigenvalue weighted by molar-refractivity contribution is 7.99. The summed E-state index contributed by atoms with van der Waals surface area (Å²) in [5.41, 5.74) is 5.03. The lowest BCUT2D eigenvalue weighted by atomic mass is 10.2. The van der Waals surface area contributed by atoms with Crippen LogP contribution in [-0.4, -0.2) is 44.1 Å². The molecule has 0 aliphatic carbocycles. The van der Waals surface area contributed by atoms with Gasteiger partial charge in [0, 0.05) is 29.0 Å². The normalized spacial score (nSPS) is 19.0. The summed E-state index contributed by atoms with van der Waals surface area (Å²) in [5, 5.41) is 2.40. The van der Waals surface area contributed by atoms with Crippen molar-refractivity contribution in [3.05, 3.63) is 46.7 Å². The molecule has 0 unspecified atom stereocenters. The van der Waals surface area contributed by atoms with E-state index in [-0.39, 0.29) is 11.5 Å². The summed E-state index contributed by atoms with van der Waals surface area (Å²) in [6, 6.07) is 10.2. The van der Waals surface area contributed by atoms with Gasteiger partial charge in [-0.1, -0.05) is 6.07 Å². The quantitative estimate of drug-likeness (QED) is 0.787. The van der Waals surface area contributed by atoms with Crippen molar-refractivity contribution in [2.24, 2.45) is 5.73 Å². The Morgan fingerprint density at radius 2 is 2.00 bits per heavy atom. The molecule has 0 saturated carbocycles. The number of carbonyl (C=O) groups is 1. The summed E-state index contributed by atoms with van der Waals surface area (Å²) >= 11 is 3.53. The van der Waals surface area contributed by atoms with Gasteiger partial charge in [-0.2, -0.15) is 16.1 Å². The third kappa shape index (κ3) is 4.59. The maximum Gasteiger partial charge on any atom is 0.255 e. The Hall–Kier alpha value is -1.55. The van der Waals surface area contributed by atoms with Crippen molar-refractivity contribution in [3.8, 4) is 5.75 Å². The Morgan fingerprint density at radius 1 is 1.23 bits per heavy atom. The average Bonchev–Trinajstić information content (AvgIpc) is 3.04. The fraction of sp³-hybridized carbons (Fsp3) is 0.353. The summed E-state index contributed by atoms with van der Waals surface area (Å²) in [7, 11) is -3.55. The second kappa shape index (κ2) is 8.43. The lowest BCUT2D eigenvalue weighted by Gasteiger charge is -2.20. The topological polar surface area (TPSA) is 89.7 Å². The summed E-state index contributed by atoms with van der Waals surface area (Å²) in [6.45, 7) is 0.756.